The maximum absolute atomic E-state index is 5.61. The predicted molar refractivity (Wildman–Crippen MR) is 58.4 cm³/mol. The minimum atomic E-state index is 0.391. The van der Waals surface area contributed by atoms with Gasteiger partial charge in [-0.1, -0.05) is 0 Å². The summed E-state index contributed by atoms with van der Waals surface area (Å²) in [6.45, 7) is 6.41. The van der Waals surface area contributed by atoms with Crippen LogP contribution in [-0.4, -0.2) is 25.3 Å². The van der Waals surface area contributed by atoms with Gasteiger partial charge < -0.3 is 10.1 Å². The smallest absolute Gasteiger partial charge is 0.0518 e. The zero-order valence-electron chi connectivity index (χ0n) is 9.51. The molecule has 0 aromatic heterocycles. The molecule has 0 aromatic rings. The molecule has 2 aliphatic carbocycles. The second-order valence-electron chi connectivity index (χ2n) is 5.32. The molecule has 0 spiro atoms. The van der Waals surface area contributed by atoms with Crippen molar-refractivity contribution in [3.63, 3.8) is 0 Å². The van der Waals surface area contributed by atoms with Gasteiger partial charge in [0.15, 0.2) is 0 Å². The van der Waals surface area contributed by atoms with Crippen molar-refractivity contribution in [2.24, 2.45) is 5.41 Å². The molecular weight excluding hydrogens is 174 g/mol. The topological polar surface area (TPSA) is 21.3 Å². The standard InChI is InChI=1S/C12H23NO/c1-10(2)14-8-7-12(5-6-12)9-13-11-3-4-11/h10-11,13H,3-9H2,1-2H3. The average molecular weight is 197 g/mol. The molecule has 0 aliphatic heterocycles. The molecule has 0 unspecified atom stereocenters. The van der Waals surface area contributed by atoms with Crippen LogP contribution in [-0.2, 0) is 4.74 Å². The van der Waals surface area contributed by atoms with E-state index in [1.807, 2.05) is 0 Å². The van der Waals surface area contributed by atoms with Crippen LogP contribution in [0.15, 0.2) is 0 Å². The fourth-order valence-corrected chi connectivity index (χ4v) is 1.85. The molecule has 0 bridgehead atoms. The van der Waals surface area contributed by atoms with Crippen molar-refractivity contribution >= 4 is 0 Å². The van der Waals surface area contributed by atoms with Crippen LogP contribution in [0, 0.1) is 5.41 Å². The van der Waals surface area contributed by atoms with Crippen LogP contribution < -0.4 is 5.32 Å². The molecule has 0 saturated heterocycles. The Morgan fingerprint density at radius 1 is 1.36 bits per heavy atom. The summed E-state index contributed by atoms with van der Waals surface area (Å²) in [5, 5.41) is 3.64. The normalized spacial score (nSPS) is 24.2. The highest BCUT2D eigenvalue weighted by Crippen LogP contribution is 2.48. The van der Waals surface area contributed by atoms with Crippen molar-refractivity contribution in [1.29, 1.82) is 0 Å². The first kappa shape index (κ1) is 10.4. The third-order valence-electron chi connectivity index (χ3n) is 3.38. The first-order valence-corrected chi connectivity index (χ1v) is 6.05. The number of hydrogen-bond donors (Lipinski definition) is 1. The summed E-state index contributed by atoms with van der Waals surface area (Å²) in [7, 11) is 0. The van der Waals surface area contributed by atoms with E-state index in [2.05, 4.69) is 19.2 Å². The SMILES string of the molecule is CC(C)OCCC1(CNC2CC2)CC1. The Bertz CT molecular complexity index is 183. The molecule has 0 atom stereocenters. The van der Waals surface area contributed by atoms with E-state index in [1.165, 1.54) is 38.6 Å². The summed E-state index contributed by atoms with van der Waals surface area (Å²) in [4.78, 5) is 0. The van der Waals surface area contributed by atoms with Gasteiger partial charge in [-0.2, -0.15) is 0 Å². The van der Waals surface area contributed by atoms with Gasteiger partial charge in [-0.05, 0) is 51.4 Å². The monoisotopic (exact) mass is 197 g/mol. The Balaban J connectivity index is 1.57. The molecular formula is C12H23NO. The van der Waals surface area contributed by atoms with Crippen molar-refractivity contribution in [3.8, 4) is 0 Å². The van der Waals surface area contributed by atoms with E-state index >= 15 is 0 Å². The fraction of sp³-hybridized carbons (Fsp3) is 1.00. The van der Waals surface area contributed by atoms with Gasteiger partial charge in [0.2, 0.25) is 0 Å². The van der Waals surface area contributed by atoms with Crippen LogP contribution in [0.1, 0.15) is 46.0 Å². The number of ether oxygens (including phenoxy) is 1. The highest BCUT2D eigenvalue weighted by molar-refractivity contribution is 4.96. The second kappa shape index (κ2) is 4.19. The second-order valence-corrected chi connectivity index (χ2v) is 5.32. The Labute approximate surface area is 87.4 Å². The van der Waals surface area contributed by atoms with Crippen molar-refractivity contribution in [2.75, 3.05) is 13.2 Å². The predicted octanol–water partition coefficient (Wildman–Crippen LogP) is 2.33. The molecule has 2 aliphatic rings. The van der Waals surface area contributed by atoms with Crippen molar-refractivity contribution in [3.05, 3.63) is 0 Å². The maximum atomic E-state index is 5.61. The molecule has 0 aromatic carbocycles. The summed E-state index contributed by atoms with van der Waals surface area (Å²) < 4.78 is 5.61. The number of hydrogen-bond acceptors (Lipinski definition) is 2. The molecule has 2 rings (SSSR count). The molecule has 0 radical (unpaired) electrons. The van der Waals surface area contributed by atoms with Crippen LogP contribution in [0.4, 0.5) is 0 Å². The summed E-state index contributed by atoms with van der Waals surface area (Å²) in [6.07, 6.45) is 7.27. The summed E-state index contributed by atoms with van der Waals surface area (Å²) in [5.74, 6) is 0. The molecule has 2 nitrogen and oxygen atoms in total. The van der Waals surface area contributed by atoms with E-state index in [0.717, 1.165) is 12.6 Å². The van der Waals surface area contributed by atoms with E-state index in [0.29, 0.717) is 11.5 Å². The quantitative estimate of drug-likeness (QED) is 0.676. The lowest BCUT2D eigenvalue weighted by atomic mass is 10.0. The van der Waals surface area contributed by atoms with Gasteiger partial charge in [-0.25, -0.2) is 0 Å². The van der Waals surface area contributed by atoms with E-state index in [-0.39, 0.29) is 0 Å². The minimum absolute atomic E-state index is 0.391. The zero-order valence-corrected chi connectivity index (χ0v) is 9.51. The summed E-state index contributed by atoms with van der Waals surface area (Å²) >= 11 is 0. The third kappa shape index (κ3) is 3.25. The lowest BCUT2D eigenvalue weighted by Crippen LogP contribution is -2.27. The van der Waals surface area contributed by atoms with Crippen LogP contribution in [0.25, 0.3) is 0 Å². The Morgan fingerprint density at radius 2 is 2.07 bits per heavy atom. The highest BCUT2D eigenvalue weighted by Gasteiger charge is 2.42. The molecule has 14 heavy (non-hydrogen) atoms. The zero-order chi connectivity index (χ0) is 10.0. The number of rotatable bonds is 7. The van der Waals surface area contributed by atoms with E-state index in [9.17, 15) is 0 Å². The fourth-order valence-electron chi connectivity index (χ4n) is 1.85. The molecule has 2 saturated carbocycles. The molecule has 0 amide bonds. The average Bonchev–Trinajstić information content (AvgIpc) is 2.98. The van der Waals surface area contributed by atoms with E-state index < -0.39 is 0 Å². The van der Waals surface area contributed by atoms with Crippen molar-refractivity contribution in [2.45, 2.75) is 58.1 Å². The molecule has 2 fully saturated rings. The third-order valence-corrected chi connectivity index (χ3v) is 3.38. The summed E-state index contributed by atoms with van der Waals surface area (Å²) in [5.41, 5.74) is 0.622. The Kier molecular flexibility index (Phi) is 3.13. The van der Waals surface area contributed by atoms with Crippen molar-refractivity contribution < 1.29 is 4.74 Å². The maximum Gasteiger partial charge on any atom is 0.0518 e. The lowest BCUT2D eigenvalue weighted by molar-refractivity contribution is 0.0658. The first-order valence-electron chi connectivity index (χ1n) is 6.05. The van der Waals surface area contributed by atoms with E-state index in [1.54, 1.807) is 0 Å². The van der Waals surface area contributed by atoms with Crippen LogP contribution in [0.3, 0.4) is 0 Å². The molecule has 1 N–H and O–H groups in total. The van der Waals surface area contributed by atoms with Crippen molar-refractivity contribution in [1.82, 2.24) is 5.32 Å². The Morgan fingerprint density at radius 3 is 2.57 bits per heavy atom. The van der Waals surface area contributed by atoms with Gasteiger partial charge in [0.1, 0.15) is 0 Å². The Hall–Kier alpha value is -0.0800. The first-order chi connectivity index (χ1) is 6.70. The van der Waals surface area contributed by atoms with Gasteiger partial charge >= 0.3 is 0 Å². The minimum Gasteiger partial charge on any atom is -0.379 e. The van der Waals surface area contributed by atoms with Crippen LogP contribution in [0.2, 0.25) is 0 Å². The van der Waals surface area contributed by atoms with Gasteiger partial charge in [0.05, 0.1) is 6.10 Å². The molecule has 2 heteroatoms. The lowest BCUT2D eigenvalue weighted by Gasteiger charge is -2.16. The molecule has 0 heterocycles. The van der Waals surface area contributed by atoms with Crippen LogP contribution in [0.5, 0.6) is 0 Å². The van der Waals surface area contributed by atoms with Crippen LogP contribution >= 0.6 is 0 Å². The molecule has 82 valence electrons. The van der Waals surface area contributed by atoms with Gasteiger partial charge in [-0.3, -0.25) is 0 Å². The van der Waals surface area contributed by atoms with Gasteiger partial charge in [0, 0.05) is 19.2 Å². The van der Waals surface area contributed by atoms with Gasteiger partial charge in [-0.15, -0.1) is 0 Å². The van der Waals surface area contributed by atoms with E-state index in [4.69, 9.17) is 4.74 Å². The van der Waals surface area contributed by atoms with Gasteiger partial charge in [0.25, 0.3) is 0 Å². The largest absolute Gasteiger partial charge is 0.379 e. The highest BCUT2D eigenvalue weighted by atomic mass is 16.5. The summed E-state index contributed by atoms with van der Waals surface area (Å²) in [6, 6.07) is 0.860. The number of nitrogens with one attached hydrogen (secondary N) is 1.